The summed E-state index contributed by atoms with van der Waals surface area (Å²) < 4.78 is 4.87. The van der Waals surface area contributed by atoms with Gasteiger partial charge in [0.2, 0.25) is 0 Å². The van der Waals surface area contributed by atoms with Gasteiger partial charge in [0, 0.05) is 32.9 Å². The molecule has 0 aliphatic heterocycles. The molecular formula is C67H46N2. The summed E-state index contributed by atoms with van der Waals surface area (Å²) in [4.78, 5) is 0. The van der Waals surface area contributed by atoms with E-state index in [1.165, 1.54) is 99.2 Å². The van der Waals surface area contributed by atoms with Crippen LogP contribution in [-0.4, -0.2) is 9.13 Å². The van der Waals surface area contributed by atoms with E-state index < -0.39 is 5.41 Å². The minimum atomic E-state index is -0.553. The maximum Gasteiger partial charge on any atom is 0.0702 e. The molecule has 0 unspecified atom stereocenters. The Morgan fingerprint density at radius 2 is 0.594 bits per heavy atom. The van der Waals surface area contributed by atoms with Crippen molar-refractivity contribution in [3.8, 4) is 44.8 Å². The molecule has 13 aromatic rings. The zero-order valence-corrected chi connectivity index (χ0v) is 38.0. The molecule has 0 saturated heterocycles. The summed E-state index contributed by atoms with van der Waals surface area (Å²) in [6.45, 7) is 0. The molecule has 0 bridgehead atoms. The highest BCUT2D eigenvalue weighted by atomic mass is 15.0. The molecule has 0 aliphatic rings. The summed E-state index contributed by atoms with van der Waals surface area (Å²) in [6.07, 6.45) is 0. The van der Waals surface area contributed by atoms with E-state index in [1.807, 2.05) is 0 Å². The van der Waals surface area contributed by atoms with Crippen LogP contribution in [0.25, 0.3) is 88.4 Å². The molecule has 11 aromatic carbocycles. The van der Waals surface area contributed by atoms with Crippen LogP contribution in [-0.2, 0) is 5.41 Å². The first-order chi connectivity index (χ1) is 34.2. The van der Waals surface area contributed by atoms with Crippen LogP contribution < -0.4 is 0 Å². The zero-order valence-electron chi connectivity index (χ0n) is 38.0. The molecule has 324 valence electrons. The van der Waals surface area contributed by atoms with E-state index in [0.717, 1.165) is 11.4 Å². The van der Waals surface area contributed by atoms with Crippen molar-refractivity contribution in [2.45, 2.75) is 5.41 Å². The summed E-state index contributed by atoms with van der Waals surface area (Å²) >= 11 is 0. The molecule has 0 fully saturated rings. The summed E-state index contributed by atoms with van der Waals surface area (Å²) in [6, 6.07) is 102. The zero-order chi connectivity index (χ0) is 45.7. The third kappa shape index (κ3) is 6.72. The predicted molar refractivity (Wildman–Crippen MR) is 290 cm³/mol. The van der Waals surface area contributed by atoms with Gasteiger partial charge in [-0.1, -0.05) is 212 Å². The molecule has 0 saturated carbocycles. The molecule has 0 N–H and O–H groups in total. The smallest absolute Gasteiger partial charge is 0.0702 e. The lowest BCUT2D eigenvalue weighted by Gasteiger charge is -2.37. The van der Waals surface area contributed by atoms with Crippen LogP contribution in [0.5, 0.6) is 0 Å². The van der Waals surface area contributed by atoms with Gasteiger partial charge >= 0.3 is 0 Å². The van der Waals surface area contributed by atoms with E-state index in [1.54, 1.807) is 0 Å². The van der Waals surface area contributed by atoms with Crippen molar-refractivity contribution >= 4 is 43.6 Å². The number of benzene rings is 11. The topological polar surface area (TPSA) is 9.86 Å². The maximum absolute atomic E-state index is 2.45. The van der Waals surface area contributed by atoms with Gasteiger partial charge in [0.25, 0.3) is 0 Å². The highest BCUT2D eigenvalue weighted by Crippen LogP contribution is 2.46. The van der Waals surface area contributed by atoms with Crippen molar-refractivity contribution in [2.75, 3.05) is 0 Å². The third-order valence-electron chi connectivity index (χ3n) is 14.2. The fraction of sp³-hybridized carbons (Fsp3) is 0.0149. The summed E-state index contributed by atoms with van der Waals surface area (Å²) in [5.41, 5.74) is 18.5. The van der Waals surface area contributed by atoms with E-state index in [-0.39, 0.29) is 0 Å². The van der Waals surface area contributed by atoms with Gasteiger partial charge in [0.05, 0.1) is 27.5 Å². The van der Waals surface area contributed by atoms with Crippen LogP contribution in [0.15, 0.2) is 279 Å². The quantitative estimate of drug-likeness (QED) is 0.128. The Balaban J connectivity index is 0.957. The van der Waals surface area contributed by atoms with Gasteiger partial charge < -0.3 is 9.13 Å². The van der Waals surface area contributed by atoms with E-state index in [9.17, 15) is 0 Å². The second-order valence-electron chi connectivity index (χ2n) is 18.1. The fourth-order valence-corrected chi connectivity index (χ4v) is 11.1. The molecule has 0 amide bonds. The van der Waals surface area contributed by atoms with Crippen molar-refractivity contribution in [3.05, 3.63) is 301 Å². The molecule has 0 aliphatic carbocycles. The van der Waals surface area contributed by atoms with Gasteiger partial charge in [-0.2, -0.15) is 0 Å². The van der Waals surface area contributed by atoms with Crippen LogP contribution in [0.3, 0.4) is 0 Å². The van der Waals surface area contributed by atoms with Crippen LogP contribution >= 0.6 is 0 Å². The Hall–Kier alpha value is -8.98. The molecule has 2 heteroatoms. The van der Waals surface area contributed by atoms with Crippen LogP contribution in [0, 0.1) is 0 Å². The Labute approximate surface area is 402 Å². The molecule has 0 spiro atoms. The van der Waals surface area contributed by atoms with Crippen molar-refractivity contribution < 1.29 is 0 Å². The highest BCUT2D eigenvalue weighted by molar-refractivity contribution is 6.13. The van der Waals surface area contributed by atoms with Crippen molar-refractivity contribution in [3.63, 3.8) is 0 Å². The van der Waals surface area contributed by atoms with E-state index in [2.05, 4.69) is 288 Å². The monoisotopic (exact) mass is 878 g/mol. The summed E-state index contributed by atoms with van der Waals surface area (Å²) in [7, 11) is 0. The fourth-order valence-electron chi connectivity index (χ4n) is 11.1. The lowest BCUT2D eigenvalue weighted by atomic mass is 9.65. The molecular weight excluding hydrogens is 833 g/mol. The van der Waals surface area contributed by atoms with Gasteiger partial charge in [-0.05, 0) is 122 Å². The van der Waals surface area contributed by atoms with E-state index >= 15 is 0 Å². The van der Waals surface area contributed by atoms with Gasteiger partial charge in [-0.25, -0.2) is 0 Å². The van der Waals surface area contributed by atoms with Gasteiger partial charge in [0.1, 0.15) is 0 Å². The first-order valence-corrected chi connectivity index (χ1v) is 23.8. The van der Waals surface area contributed by atoms with E-state index in [0.29, 0.717) is 0 Å². The number of rotatable bonds is 9. The lowest BCUT2D eigenvalue weighted by molar-refractivity contribution is 0.744. The number of hydrogen-bond donors (Lipinski definition) is 0. The standard InChI is InChI=1S/C67H46N2/c1-6-20-47(21-7-1)48-22-18-23-49(42-48)52-36-39-60-62-44-51(37-40-64(62)68(66(60)45-52)57-31-14-5-15-32-57)50-38-41-65-61(43-50)59-34-16-17-35-63(59)69(65)58-33-19-30-56(46-58)67(53-24-8-2-9-25-53,54-26-10-3-11-27-54)55-28-12-4-13-29-55/h1-46H. The molecule has 0 atom stereocenters. The largest absolute Gasteiger partial charge is 0.309 e. The van der Waals surface area contributed by atoms with Gasteiger partial charge in [-0.15, -0.1) is 0 Å². The number of hydrogen-bond acceptors (Lipinski definition) is 0. The predicted octanol–water partition coefficient (Wildman–Crippen LogP) is 17.3. The number of fused-ring (bicyclic) bond motifs is 6. The Kier molecular flexibility index (Phi) is 9.77. The maximum atomic E-state index is 2.45. The molecule has 2 heterocycles. The second-order valence-corrected chi connectivity index (χ2v) is 18.1. The third-order valence-corrected chi connectivity index (χ3v) is 14.2. The SMILES string of the molecule is c1ccc(-c2cccc(-c3ccc4c5cc(-c6ccc7c(c6)c6ccccc6n7-c6cccc(C(c7ccccc7)(c7ccccc7)c7ccccc7)c6)ccc5n(-c5ccccc5)c4c3)c2)cc1. The second kappa shape index (κ2) is 16.7. The van der Waals surface area contributed by atoms with Crippen molar-refractivity contribution in [2.24, 2.45) is 0 Å². The first kappa shape index (κ1) is 40.3. The Morgan fingerprint density at radius 3 is 1.20 bits per heavy atom. The minimum absolute atomic E-state index is 0.553. The normalized spacial score (nSPS) is 11.8. The molecule has 13 rings (SSSR count). The Morgan fingerprint density at radius 1 is 0.203 bits per heavy atom. The number of para-hydroxylation sites is 2. The first-order valence-electron chi connectivity index (χ1n) is 23.8. The van der Waals surface area contributed by atoms with Gasteiger partial charge in [-0.3, -0.25) is 0 Å². The van der Waals surface area contributed by atoms with Crippen molar-refractivity contribution in [1.82, 2.24) is 9.13 Å². The average molecular weight is 879 g/mol. The Bertz CT molecular complexity index is 3880. The molecule has 2 aromatic heterocycles. The van der Waals surface area contributed by atoms with E-state index in [4.69, 9.17) is 0 Å². The highest BCUT2D eigenvalue weighted by Gasteiger charge is 2.38. The summed E-state index contributed by atoms with van der Waals surface area (Å²) in [5, 5.41) is 4.91. The van der Waals surface area contributed by atoms with Crippen LogP contribution in [0.2, 0.25) is 0 Å². The molecule has 69 heavy (non-hydrogen) atoms. The minimum Gasteiger partial charge on any atom is -0.309 e. The molecule has 2 nitrogen and oxygen atoms in total. The van der Waals surface area contributed by atoms with Crippen LogP contribution in [0.4, 0.5) is 0 Å². The number of nitrogens with zero attached hydrogens (tertiary/aromatic N) is 2. The van der Waals surface area contributed by atoms with Crippen LogP contribution in [0.1, 0.15) is 22.3 Å². The summed E-state index contributed by atoms with van der Waals surface area (Å²) in [5.74, 6) is 0. The average Bonchev–Trinajstić information content (AvgIpc) is 3.94. The van der Waals surface area contributed by atoms with Crippen molar-refractivity contribution in [1.29, 1.82) is 0 Å². The molecule has 0 radical (unpaired) electrons. The number of aromatic nitrogens is 2. The van der Waals surface area contributed by atoms with Gasteiger partial charge in [0.15, 0.2) is 0 Å². The lowest BCUT2D eigenvalue weighted by Crippen LogP contribution is -2.31.